The van der Waals surface area contributed by atoms with Gasteiger partial charge in [0.05, 0.1) is 0 Å². The minimum atomic E-state index is -0.854. The molecule has 29 heavy (non-hydrogen) atoms. The van der Waals surface area contributed by atoms with Crippen molar-refractivity contribution >= 4 is 35.5 Å². The number of nitrogens with zero attached hydrogens (tertiary/aromatic N) is 2. The topological polar surface area (TPSA) is 124 Å². The number of thioether (sulfide) groups is 1. The molecule has 2 aliphatic heterocycles. The fraction of sp³-hybridized carbons (Fsp3) is 0.500. The summed E-state index contributed by atoms with van der Waals surface area (Å²) in [5.74, 6) is -2.01. The molecule has 3 heterocycles. The van der Waals surface area contributed by atoms with Gasteiger partial charge in [0.25, 0.3) is 0 Å². The monoisotopic (exact) mass is 423 g/mol. The molecule has 0 aliphatic carbocycles. The lowest BCUT2D eigenvalue weighted by Gasteiger charge is -2.43. The van der Waals surface area contributed by atoms with Crippen molar-refractivity contribution in [3.63, 3.8) is 0 Å². The molecule has 0 radical (unpaired) electrons. The third-order valence-corrected chi connectivity index (χ3v) is 6.20. The number of carbonyl (C=O) groups excluding carboxylic acids is 4. The van der Waals surface area contributed by atoms with Crippen LogP contribution < -0.4 is 10.7 Å². The Hall–Kier alpha value is -2.82. The van der Waals surface area contributed by atoms with Crippen LogP contribution in [0, 0.1) is 0 Å². The third kappa shape index (κ3) is 4.29. The van der Waals surface area contributed by atoms with Crippen molar-refractivity contribution in [1.29, 1.82) is 0 Å². The van der Waals surface area contributed by atoms with Crippen LogP contribution in [0.4, 0.5) is 0 Å². The zero-order valence-electron chi connectivity index (χ0n) is 16.1. The van der Waals surface area contributed by atoms with E-state index in [9.17, 15) is 24.0 Å². The van der Waals surface area contributed by atoms with Gasteiger partial charge in [-0.2, -0.15) is 0 Å². The van der Waals surface area contributed by atoms with Gasteiger partial charge < -0.3 is 24.3 Å². The van der Waals surface area contributed by atoms with Crippen molar-refractivity contribution in [3.8, 4) is 0 Å². The highest BCUT2D eigenvalue weighted by Gasteiger charge is 2.64. The largest absolute Gasteiger partial charge is 0.428 e. The molecule has 156 valence electrons. The molecule has 2 saturated heterocycles. The third-order valence-electron chi connectivity index (χ3n) is 4.63. The molecule has 2 fully saturated rings. The van der Waals surface area contributed by atoms with Crippen molar-refractivity contribution in [1.82, 2.24) is 14.8 Å². The predicted octanol–water partition coefficient (Wildman–Crippen LogP) is -0.541. The number of aromatic nitrogens is 1. The van der Waals surface area contributed by atoms with Gasteiger partial charge in [0.1, 0.15) is 24.0 Å². The minimum Gasteiger partial charge on any atom is -0.428 e. The zero-order chi connectivity index (χ0) is 21.3. The van der Waals surface area contributed by atoms with Gasteiger partial charge in [0, 0.05) is 36.2 Å². The van der Waals surface area contributed by atoms with E-state index in [0.717, 1.165) is 0 Å². The van der Waals surface area contributed by atoms with E-state index in [-0.39, 0.29) is 23.8 Å². The van der Waals surface area contributed by atoms with Crippen molar-refractivity contribution in [3.05, 3.63) is 34.7 Å². The molecule has 2 amide bonds. The second-order valence-electron chi connectivity index (χ2n) is 7.23. The van der Waals surface area contributed by atoms with E-state index in [1.807, 2.05) is 0 Å². The van der Waals surface area contributed by atoms with Gasteiger partial charge in [0.2, 0.25) is 18.6 Å². The first kappa shape index (κ1) is 20.9. The molecular weight excluding hydrogens is 402 g/mol. The number of β-lactam (4-membered cyclic amide) rings is 1. The number of pyridine rings is 1. The zero-order valence-corrected chi connectivity index (χ0v) is 16.9. The van der Waals surface area contributed by atoms with Crippen LogP contribution in [0.15, 0.2) is 29.3 Å². The molecule has 1 N–H and O–H groups in total. The summed E-state index contributed by atoms with van der Waals surface area (Å²) >= 11 is 1.39. The summed E-state index contributed by atoms with van der Waals surface area (Å²) in [4.78, 5) is 60.7. The summed E-state index contributed by atoms with van der Waals surface area (Å²) in [5, 5.41) is 2.28. The number of ether oxygens (including phenoxy) is 2. The van der Waals surface area contributed by atoms with Crippen molar-refractivity contribution < 1.29 is 28.7 Å². The second-order valence-corrected chi connectivity index (χ2v) is 9.00. The van der Waals surface area contributed by atoms with Gasteiger partial charge in [-0.3, -0.25) is 19.2 Å². The molecule has 10 nitrogen and oxygen atoms in total. The summed E-state index contributed by atoms with van der Waals surface area (Å²) in [6.45, 7) is 4.25. The van der Waals surface area contributed by atoms with E-state index < -0.39 is 40.9 Å². The Labute approximate surface area is 170 Å². The van der Waals surface area contributed by atoms with Crippen LogP contribution in [0.25, 0.3) is 0 Å². The first-order valence-corrected chi connectivity index (χ1v) is 9.73. The highest BCUT2D eigenvalue weighted by atomic mass is 32.2. The van der Waals surface area contributed by atoms with E-state index in [1.54, 1.807) is 13.8 Å². The maximum absolute atomic E-state index is 12.6. The van der Waals surface area contributed by atoms with E-state index in [4.69, 9.17) is 4.74 Å². The number of hydrogen-bond acceptors (Lipinski definition) is 8. The first-order valence-electron chi connectivity index (χ1n) is 8.85. The van der Waals surface area contributed by atoms with Crippen LogP contribution in [-0.2, 0) is 35.2 Å². The van der Waals surface area contributed by atoms with Crippen molar-refractivity contribution in [2.45, 2.75) is 49.5 Å². The molecule has 1 aromatic rings. The molecule has 0 unspecified atom stereocenters. The van der Waals surface area contributed by atoms with Gasteiger partial charge in [-0.15, -0.1) is 11.8 Å². The quantitative estimate of drug-likeness (QED) is 0.368. The Morgan fingerprint density at radius 3 is 2.45 bits per heavy atom. The number of carbonyl (C=O) groups is 4. The second kappa shape index (κ2) is 7.90. The molecular formula is C18H21N3O7S. The van der Waals surface area contributed by atoms with Crippen molar-refractivity contribution in [2.75, 3.05) is 6.79 Å². The fourth-order valence-electron chi connectivity index (χ4n) is 3.31. The Kier molecular flexibility index (Phi) is 5.69. The molecule has 3 atom stereocenters. The first-order chi connectivity index (χ1) is 13.6. The lowest BCUT2D eigenvalue weighted by Crippen LogP contribution is -2.71. The number of amides is 2. The van der Waals surface area contributed by atoms with E-state index in [2.05, 4.69) is 10.1 Å². The average Bonchev–Trinajstić information content (AvgIpc) is 2.89. The highest BCUT2D eigenvalue weighted by Crippen LogP contribution is 2.51. The summed E-state index contributed by atoms with van der Waals surface area (Å²) < 4.78 is 10.5. The Morgan fingerprint density at radius 1 is 1.17 bits per heavy atom. The summed E-state index contributed by atoms with van der Waals surface area (Å²) in [5.41, 5.74) is -0.164. The van der Waals surface area contributed by atoms with Crippen LogP contribution in [0.5, 0.6) is 0 Å². The van der Waals surface area contributed by atoms with Crippen LogP contribution >= 0.6 is 11.8 Å². The van der Waals surface area contributed by atoms with Crippen LogP contribution in [0.3, 0.4) is 0 Å². The van der Waals surface area contributed by atoms with Crippen molar-refractivity contribution in [2.24, 2.45) is 0 Å². The average molecular weight is 423 g/mol. The smallest absolute Gasteiger partial charge is 0.333 e. The van der Waals surface area contributed by atoms with Crippen LogP contribution in [0.1, 0.15) is 20.8 Å². The predicted molar refractivity (Wildman–Crippen MR) is 101 cm³/mol. The van der Waals surface area contributed by atoms with Crippen LogP contribution in [-0.4, -0.2) is 62.2 Å². The van der Waals surface area contributed by atoms with Gasteiger partial charge in [-0.05, 0) is 13.8 Å². The van der Waals surface area contributed by atoms with E-state index in [0.29, 0.717) is 0 Å². The normalized spacial score (nSPS) is 24.3. The molecule has 0 spiro atoms. The Morgan fingerprint density at radius 2 is 1.83 bits per heavy atom. The lowest BCUT2D eigenvalue weighted by atomic mass is 9.96. The fourth-order valence-corrected chi connectivity index (χ4v) is 4.93. The molecule has 3 rings (SSSR count). The Bertz CT molecular complexity index is 892. The molecule has 1 aromatic heterocycles. The van der Waals surface area contributed by atoms with Gasteiger partial charge in [-0.25, -0.2) is 4.79 Å². The number of esters is 2. The standard InChI is InChI=1S/C18H21N3O7S/c1-10(22)27-9-28-17(26)14-18(2,3)29-16-13(15(25)21(14)16)19-12(24)8-20-6-4-11(23)5-7-20/h4-7,13-14,16H,8-9H2,1-3H3,(H,19,24)/t13-,14+,16-/m1/s1. The molecule has 0 bridgehead atoms. The molecule has 0 saturated carbocycles. The molecule has 0 aromatic carbocycles. The highest BCUT2D eigenvalue weighted by molar-refractivity contribution is 8.01. The minimum absolute atomic E-state index is 0.0430. The van der Waals surface area contributed by atoms with Gasteiger partial charge in [0.15, 0.2) is 5.43 Å². The number of hydrogen-bond donors (Lipinski definition) is 1. The van der Waals surface area contributed by atoms with E-state index in [1.165, 1.54) is 52.7 Å². The lowest BCUT2D eigenvalue weighted by molar-refractivity contribution is -0.175. The van der Waals surface area contributed by atoms with Gasteiger partial charge >= 0.3 is 11.9 Å². The Balaban J connectivity index is 1.61. The van der Waals surface area contributed by atoms with Crippen LogP contribution in [0.2, 0.25) is 0 Å². The number of nitrogens with one attached hydrogen (secondary N) is 1. The summed E-state index contributed by atoms with van der Waals surface area (Å²) in [6, 6.07) is 1.07. The maximum Gasteiger partial charge on any atom is 0.333 e. The summed E-state index contributed by atoms with van der Waals surface area (Å²) in [7, 11) is 0. The summed E-state index contributed by atoms with van der Waals surface area (Å²) in [6.07, 6.45) is 2.97. The SMILES string of the molecule is CC(=O)OCOC(=O)[C@@H]1N2C(=O)[C@@H](NC(=O)Cn3ccc(=O)cc3)[C@H]2SC1(C)C. The van der Waals surface area contributed by atoms with E-state index >= 15 is 0 Å². The number of rotatable bonds is 6. The maximum atomic E-state index is 12.6. The molecule has 2 aliphatic rings. The molecule has 11 heteroatoms. The number of fused-ring (bicyclic) bond motifs is 1. The van der Waals surface area contributed by atoms with Gasteiger partial charge in [-0.1, -0.05) is 0 Å².